The van der Waals surface area contributed by atoms with Crippen LogP contribution in [0.3, 0.4) is 0 Å². The molecule has 1 amide bonds. The fraction of sp³-hybridized carbons (Fsp3) is 0.364. The van der Waals surface area contributed by atoms with Gasteiger partial charge in [-0.3, -0.25) is 4.79 Å². The normalized spacial score (nSPS) is 10.0. The highest BCUT2D eigenvalue weighted by Crippen LogP contribution is 2.10. The summed E-state index contributed by atoms with van der Waals surface area (Å²) in [5.74, 6) is 0.0817. The maximum atomic E-state index is 11.4. The van der Waals surface area contributed by atoms with Gasteiger partial charge in [-0.25, -0.2) is 0 Å². The Bertz CT molecular complexity index is 311. The molecule has 0 bridgehead atoms. The summed E-state index contributed by atoms with van der Waals surface area (Å²) in [7, 11) is 0. The van der Waals surface area contributed by atoms with Gasteiger partial charge in [-0.15, -0.1) is 0 Å². The number of nitrogens with one attached hydrogen (secondary N) is 1. The van der Waals surface area contributed by atoms with Crippen LogP contribution in [0.15, 0.2) is 28.7 Å². The highest BCUT2D eigenvalue weighted by atomic mass is 79.9. The molecule has 1 N–H and O–H groups in total. The number of benzene rings is 1. The SMILES string of the molecule is O=C(Cc1ccc(Br)cc1)NCCCBr. The lowest BCUT2D eigenvalue weighted by Gasteiger charge is -2.04. The number of halogens is 2. The number of alkyl halides is 1. The molecular weight excluding hydrogens is 322 g/mol. The quantitative estimate of drug-likeness (QED) is 0.651. The summed E-state index contributed by atoms with van der Waals surface area (Å²) in [6, 6.07) is 7.80. The summed E-state index contributed by atoms with van der Waals surface area (Å²) in [4.78, 5) is 11.4. The molecule has 2 nitrogen and oxygen atoms in total. The lowest BCUT2D eigenvalue weighted by Crippen LogP contribution is -2.26. The van der Waals surface area contributed by atoms with E-state index in [1.54, 1.807) is 0 Å². The van der Waals surface area contributed by atoms with E-state index < -0.39 is 0 Å². The molecule has 0 atom stereocenters. The molecule has 1 aromatic carbocycles. The van der Waals surface area contributed by atoms with E-state index in [2.05, 4.69) is 37.2 Å². The van der Waals surface area contributed by atoms with Gasteiger partial charge in [0.05, 0.1) is 6.42 Å². The maximum absolute atomic E-state index is 11.4. The number of hydrogen-bond acceptors (Lipinski definition) is 1. The molecule has 0 saturated heterocycles. The molecule has 0 fully saturated rings. The molecule has 0 saturated carbocycles. The Morgan fingerprint density at radius 1 is 1.27 bits per heavy atom. The van der Waals surface area contributed by atoms with Gasteiger partial charge in [0, 0.05) is 16.3 Å². The fourth-order valence-corrected chi connectivity index (χ4v) is 1.69. The third-order valence-electron chi connectivity index (χ3n) is 1.91. The van der Waals surface area contributed by atoms with Crippen molar-refractivity contribution in [3.8, 4) is 0 Å². The topological polar surface area (TPSA) is 29.1 Å². The first kappa shape index (κ1) is 12.7. The van der Waals surface area contributed by atoms with Crippen molar-refractivity contribution in [1.82, 2.24) is 5.32 Å². The predicted molar refractivity (Wildman–Crippen MR) is 69.3 cm³/mol. The summed E-state index contributed by atoms with van der Waals surface area (Å²) < 4.78 is 1.03. The molecule has 0 radical (unpaired) electrons. The predicted octanol–water partition coefficient (Wildman–Crippen LogP) is 2.89. The van der Waals surface area contributed by atoms with Crippen molar-refractivity contribution >= 4 is 37.8 Å². The van der Waals surface area contributed by atoms with Gasteiger partial charge in [-0.2, -0.15) is 0 Å². The van der Waals surface area contributed by atoms with E-state index in [-0.39, 0.29) is 5.91 Å². The molecule has 1 aromatic rings. The Morgan fingerprint density at radius 3 is 2.53 bits per heavy atom. The Balaban J connectivity index is 2.34. The largest absolute Gasteiger partial charge is 0.356 e. The van der Waals surface area contributed by atoms with Gasteiger partial charge >= 0.3 is 0 Å². The molecule has 0 spiro atoms. The molecule has 82 valence electrons. The maximum Gasteiger partial charge on any atom is 0.224 e. The minimum Gasteiger partial charge on any atom is -0.356 e. The second-order valence-electron chi connectivity index (χ2n) is 3.20. The first-order valence-electron chi connectivity index (χ1n) is 4.79. The number of carbonyl (C=O) groups is 1. The van der Waals surface area contributed by atoms with Crippen molar-refractivity contribution in [2.24, 2.45) is 0 Å². The third kappa shape index (κ3) is 5.33. The molecule has 0 aromatic heterocycles. The molecular formula is C11H13Br2NO. The van der Waals surface area contributed by atoms with Gasteiger partial charge in [0.25, 0.3) is 0 Å². The minimum absolute atomic E-state index is 0.0817. The monoisotopic (exact) mass is 333 g/mol. The number of amides is 1. The molecule has 0 heterocycles. The summed E-state index contributed by atoms with van der Waals surface area (Å²) in [6.45, 7) is 0.737. The van der Waals surface area contributed by atoms with Gasteiger partial charge in [-0.1, -0.05) is 44.0 Å². The zero-order chi connectivity index (χ0) is 11.1. The molecule has 0 unspecified atom stereocenters. The highest BCUT2D eigenvalue weighted by molar-refractivity contribution is 9.10. The van der Waals surface area contributed by atoms with Crippen molar-refractivity contribution < 1.29 is 4.79 Å². The highest BCUT2D eigenvalue weighted by Gasteiger charge is 2.01. The zero-order valence-corrected chi connectivity index (χ0v) is 11.5. The average molecular weight is 335 g/mol. The molecule has 15 heavy (non-hydrogen) atoms. The number of carbonyl (C=O) groups excluding carboxylic acids is 1. The van der Waals surface area contributed by atoms with Crippen LogP contribution < -0.4 is 5.32 Å². The number of hydrogen-bond donors (Lipinski definition) is 1. The van der Waals surface area contributed by atoms with Crippen molar-refractivity contribution in [3.05, 3.63) is 34.3 Å². The first-order chi connectivity index (χ1) is 7.22. The van der Waals surface area contributed by atoms with E-state index in [4.69, 9.17) is 0 Å². The fourth-order valence-electron chi connectivity index (χ4n) is 1.14. The van der Waals surface area contributed by atoms with Gasteiger partial charge in [-0.05, 0) is 24.1 Å². The molecule has 0 aliphatic rings. The molecule has 1 rings (SSSR count). The van der Waals surface area contributed by atoms with Crippen molar-refractivity contribution in [2.45, 2.75) is 12.8 Å². The van der Waals surface area contributed by atoms with Crippen LogP contribution in [0.4, 0.5) is 0 Å². The lowest BCUT2D eigenvalue weighted by molar-refractivity contribution is -0.120. The van der Waals surface area contributed by atoms with Crippen LogP contribution in [-0.4, -0.2) is 17.8 Å². The van der Waals surface area contributed by atoms with Gasteiger partial charge in [0.1, 0.15) is 0 Å². The Morgan fingerprint density at radius 2 is 1.93 bits per heavy atom. The Labute approximate surface area is 107 Å². The molecule has 0 aliphatic heterocycles. The first-order valence-corrected chi connectivity index (χ1v) is 6.71. The average Bonchev–Trinajstić information content (AvgIpc) is 2.22. The van der Waals surface area contributed by atoms with Crippen molar-refractivity contribution in [1.29, 1.82) is 0 Å². The van der Waals surface area contributed by atoms with E-state index in [1.165, 1.54) is 0 Å². The summed E-state index contributed by atoms with van der Waals surface area (Å²) >= 11 is 6.67. The van der Waals surface area contributed by atoms with Crippen LogP contribution in [0.2, 0.25) is 0 Å². The van der Waals surface area contributed by atoms with Crippen LogP contribution in [-0.2, 0) is 11.2 Å². The molecule has 0 aliphatic carbocycles. The minimum atomic E-state index is 0.0817. The van der Waals surface area contributed by atoms with Crippen LogP contribution in [0.1, 0.15) is 12.0 Å². The van der Waals surface area contributed by atoms with Crippen molar-refractivity contribution in [2.75, 3.05) is 11.9 Å². The zero-order valence-electron chi connectivity index (χ0n) is 8.30. The second kappa shape index (κ2) is 7.01. The van der Waals surface area contributed by atoms with Crippen LogP contribution in [0, 0.1) is 0 Å². The third-order valence-corrected chi connectivity index (χ3v) is 3.00. The van der Waals surface area contributed by atoms with E-state index in [0.29, 0.717) is 6.42 Å². The lowest BCUT2D eigenvalue weighted by atomic mass is 10.1. The number of rotatable bonds is 5. The van der Waals surface area contributed by atoms with E-state index in [1.807, 2.05) is 24.3 Å². The van der Waals surface area contributed by atoms with E-state index in [9.17, 15) is 4.79 Å². The van der Waals surface area contributed by atoms with E-state index in [0.717, 1.165) is 28.3 Å². The summed E-state index contributed by atoms with van der Waals surface area (Å²) in [5, 5.41) is 3.79. The van der Waals surface area contributed by atoms with Crippen molar-refractivity contribution in [3.63, 3.8) is 0 Å². The summed E-state index contributed by atoms with van der Waals surface area (Å²) in [6.07, 6.45) is 1.42. The Kier molecular flexibility index (Phi) is 5.95. The second-order valence-corrected chi connectivity index (χ2v) is 4.90. The van der Waals surface area contributed by atoms with E-state index >= 15 is 0 Å². The standard InChI is InChI=1S/C11H13Br2NO/c12-6-1-7-14-11(15)8-9-2-4-10(13)5-3-9/h2-5H,1,6-8H2,(H,14,15). The van der Waals surface area contributed by atoms with Crippen LogP contribution in [0.5, 0.6) is 0 Å². The Hall–Kier alpha value is -0.350. The van der Waals surface area contributed by atoms with Gasteiger partial charge in [0.15, 0.2) is 0 Å². The van der Waals surface area contributed by atoms with Gasteiger partial charge in [0.2, 0.25) is 5.91 Å². The van der Waals surface area contributed by atoms with Gasteiger partial charge < -0.3 is 5.32 Å². The molecule has 4 heteroatoms. The summed E-state index contributed by atoms with van der Waals surface area (Å²) in [5.41, 5.74) is 1.04. The van der Waals surface area contributed by atoms with Crippen LogP contribution in [0.25, 0.3) is 0 Å². The van der Waals surface area contributed by atoms with Crippen LogP contribution >= 0.6 is 31.9 Å². The smallest absolute Gasteiger partial charge is 0.224 e.